The van der Waals surface area contributed by atoms with Gasteiger partial charge in [-0.3, -0.25) is 19.4 Å². The third-order valence-corrected chi connectivity index (χ3v) is 6.46. The molecule has 3 aliphatic rings. The van der Waals surface area contributed by atoms with Crippen molar-refractivity contribution < 1.29 is 9.59 Å². The summed E-state index contributed by atoms with van der Waals surface area (Å²) in [4.78, 5) is 31.9. The molecule has 0 radical (unpaired) electrons. The van der Waals surface area contributed by atoms with Crippen LogP contribution in [0.1, 0.15) is 35.3 Å². The number of carbonyl (C=O) groups excluding carboxylic acids is 2. The molecule has 0 aromatic heterocycles. The third kappa shape index (κ3) is 2.96. The zero-order valence-electron chi connectivity index (χ0n) is 17.8. The van der Waals surface area contributed by atoms with Crippen molar-refractivity contribution in [1.82, 2.24) is 4.90 Å². The number of benzene rings is 2. The van der Waals surface area contributed by atoms with E-state index in [0.29, 0.717) is 5.56 Å². The molecule has 0 saturated carbocycles. The van der Waals surface area contributed by atoms with Crippen LogP contribution in [-0.2, 0) is 4.79 Å². The number of Topliss-reactive ketones (excluding diaryl/α,β-unsaturated/α-hetero) is 1. The summed E-state index contributed by atoms with van der Waals surface area (Å²) in [5.74, 6) is -0.789. The number of amides is 1. The van der Waals surface area contributed by atoms with Gasteiger partial charge in [0.05, 0.1) is 16.8 Å². The maximum atomic E-state index is 12.7. The van der Waals surface area contributed by atoms with E-state index < -0.39 is 11.4 Å². The van der Waals surface area contributed by atoms with E-state index >= 15 is 0 Å². The van der Waals surface area contributed by atoms with Crippen molar-refractivity contribution in [3.63, 3.8) is 0 Å². The lowest BCUT2D eigenvalue weighted by Gasteiger charge is -2.41. The first-order valence-electron chi connectivity index (χ1n) is 10.6. The summed E-state index contributed by atoms with van der Waals surface area (Å²) in [7, 11) is 0. The Morgan fingerprint density at radius 1 is 0.933 bits per heavy atom. The Morgan fingerprint density at radius 3 is 2.30 bits per heavy atom. The molecule has 0 bridgehead atoms. The fourth-order valence-electron chi connectivity index (χ4n) is 5.05. The lowest BCUT2D eigenvalue weighted by molar-refractivity contribution is -0.115. The average Bonchev–Trinajstić information content (AvgIpc) is 2.99. The van der Waals surface area contributed by atoms with Crippen LogP contribution in [0.5, 0.6) is 0 Å². The van der Waals surface area contributed by atoms with Gasteiger partial charge >= 0.3 is 0 Å². The summed E-state index contributed by atoms with van der Waals surface area (Å²) >= 11 is 0. The monoisotopic (exact) mass is 401 g/mol. The van der Waals surface area contributed by atoms with Crippen LogP contribution in [0.2, 0.25) is 0 Å². The van der Waals surface area contributed by atoms with Crippen LogP contribution in [-0.4, -0.2) is 54.9 Å². The molecule has 2 aromatic carbocycles. The summed E-state index contributed by atoms with van der Waals surface area (Å²) in [6, 6.07) is 14.5. The lowest BCUT2D eigenvalue weighted by Crippen LogP contribution is -2.49. The van der Waals surface area contributed by atoms with E-state index in [1.54, 1.807) is 4.90 Å². The minimum Gasteiger partial charge on any atom is -0.369 e. The maximum absolute atomic E-state index is 12.7. The van der Waals surface area contributed by atoms with Gasteiger partial charge in [-0.2, -0.15) is 0 Å². The van der Waals surface area contributed by atoms with Crippen molar-refractivity contribution in [3.8, 4) is 0 Å². The average molecular weight is 402 g/mol. The van der Waals surface area contributed by atoms with Gasteiger partial charge in [0.15, 0.2) is 0 Å². The smallest absolute Gasteiger partial charge is 0.300 e. The van der Waals surface area contributed by atoms with E-state index in [1.165, 1.54) is 11.3 Å². The molecule has 0 atom stereocenters. The minimum atomic E-state index is -0.512. The van der Waals surface area contributed by atoms with Crippen LogP contribution in [0.15, 0.2) is 48.5 Å². The number of ketones is 1. The van der Waals surface area contributed by atoms with Gasteiger partial charge in [-0.15, -0.1) is 0 Å². The number of para-hydroxylation sites is 1. The highest BCUT2D eigenvalue weighted by atomic mass is 16.2. The largest absolute Gasteiger partial charge is 0.369 e. The molecule has 30 heavy (non-hydrogen) atoms. The molecule has 1 fully saturated rings. The van der Waals surface area contributed by atoms with Crippen molar-refractivity contribution in [3.05, 3.63) is 65.2 Å². The number of piperazine rings is 1. The number of aryl methyl sites for hydroxylation is 1. The van der Waals surface area contributed by atoms with E-state index in [1.807, 2.05) is 26.8 Å². The third-order valence-electron chi connectivity index (χ3n) is 6.46. The molecule has 0 unspecified atom stereocenters. The molecule has 0 N–H and O–H groups in total. The highest BCUT2D eigenvalue weighted by Gasteiger charge is 2.47. The predicted octanol–water partition coefficient (Wildman–Crippen LogP) is 3.52. The summed E-state index contributed by atoms with van der Waals surface area (Å²) in [6.07, 6.45) is 2.18. The molecule has 154 valence electrons. The number of rotatable bonds is 3. The Balaban J connectivity index is 1.41. The lowest BCUT2D eigenvalue weighted by atomic mass is 9.87. The standard InChI is InChI=1S/C25H27N3O2/c1-17-13-20-18(15-25(2,3)28-22(20)21(14-17)23(29)24(28)30)16-26-9-11-27(12-10-26)19-7-5-4-6-8-19/h4-8,13-15H,9-12,16H2,1-3H3. The second-order valence-corrected chi connectivity index (χ2v) is 9.10. The molecule has 1 amide bonds. The first-order valence-corrected chi connectivity index (χ1v) is 10.6. The molecule has 0 spiro atoms. The predicted molar refractivity (Wildman–Crippen MR) is 120 cm³/mol. The zero-order chi connectivity index (χ0) is 21.0. The van der Waals surface area contributed by atoms with Gasteiger partial charge < -0.3 is 4.90 Å². The molecule has 5 rings (SSSR count). The van der Waals surface area contributed by atoms with E-state index in [-0.39, 0.29) is 5.78 Å². The molecule has 0 aliphatic carbocycles. The molecule has 3 heterocycles. The molecule has 3 aliphatic heterocycles. The summed E-state index contributed by atoms with van der Waals surface area (Å²) in [5.41, 5.74) is 5.40. The van der Waals surface area contributed by atoms with Crippen molar-refractivity contribution in [2.75, 3.05) is 42.5 Å². The first-order chi connectivity index (χ1) is 14.3. The van der Waals surface area contributed by atoms with Crippen LogP contribution in [0, 0.1) is 6.92 Å². The molecular formula is C25H27N3O2. The Hall–Kier alpha value is -2.92. The van der Waals surface area contributed by atoms with E-state index in [0.717, 1.165) is 49.5 Å². The number of anilines is 2. The molecule has 1 saturated heterocycles. The number of nitrogens with zero attached hydrogens (tertiary/aromatic N) is 3. The Kier molecular flexibility index (Phi) is 4.33. The molecule has 5 nitrogen and oxygen atoms in total. The van der Waals surface area contributed by atoms with Gasteiger partial charge in [0, 0.05) is 44.0 Å². The summed E-state index contributed by atoms with van der Waals surface area (Å²) in [5, 5.41) is 0. The van der Waals surface area contributed by atoms with Crippen LogP contribution >= 0.6 is 0 Å². The van der Waals surface area contributed by atoms with Crippen molar-refractivity contribution in [2.24, 2.45) is 0 Å². The van der Waals surface area contributed by atoms with Gasteiger partial charge in [0.25, 0.3) is 11.7 Å². The number of hydrogen-bond acceptors (Lipinski definition) is 4. The summed E-state index contributed by atoms with van der Waals surface area (Å²) < 4.78 is 0. The fraction of sp³-hybridized carbons (Fsp3) is 0.360. The Morgan fingerprint density at radius 2 is 1.60 bits per heavy atom. The van der Waals surface area contributed by atoms with Gasteiger partial charge in [0.2, 0.25) is 0 Å². The van der Waals surface area contributed by atoms with Crippen molar-refractivity contribution >= 4 is 28.6 Å². The van der Waals surface area contributed by atoms with E-state index in [4.69, 9.17) is 0 Å². The van der Waals surface area contributed by atoms with Gasteiger partial charge in [0.1, 0.15) is 0 Å². The van der Waals surface area contributed by atoms with Crippen LogP contribution in [0.25, 0.3) is 5.57 Å². The number of carbonyl (C=O) groups is 2. The zero-order valence-corrected chi connectivity index (χ0v) is 17.8. The van der Waals surface area contributed by atoms with Crippen molar-refractivity contribution in [2.45, 2.75) is 26.3 Å². The Bertz CT molecular complexity index is 1060. The highest BCUT2D eigenvalue weighted by molar-refractivity contribution is 6.53. The van der Waals surface area contributed by atoms with Crippen LogP contribution in [0.4, 0.5) is 11.4 Å². The minimum absolute atomic E-state index is 0.380. The maximum Gasteiger partial charge on any atom is 0.300 e. The van der Waals surface area contributed by atoms with Crippen LogP contribution in [0.3, 0.4) is 0 Å². The van der Waals surface area contributed by atoms with E-state index in [9.17, 15) is 9.59 Å². The van der Waals surface area contributed by atoms with Gasteiger partial charge in [-0.05, 0) is 56.2 Å². The van der Waals surface area contributed by atoms with Gasteiger partial charge in [-0.1, -0.05) is 24.3 Å². The van der Waals surface area contributed by atoms with Crippen molar-refractivity contribution in [1.29, 1.82) is 0 Å². The number of hydrogen-bond donors (Lipinski definition) is 0. The fourth-order valence-corrected chi connectivity index (χ4v) is 5.05. The molecule has 5 heteroatoms. The Labute approximate surface area is 177 Å². The second kappa shape index (κ2) is 6.81. The quantitative estimate of drug-likeness (QED) is 0.738. The highest BCUT2D eigenvalue weighted by Crippen LogP contribution is 2.46. The summed E-state index contributed by atoms with van der Waals surface area (Å²) in [6.45, 7) is 10.8. The molecule has 2 aromatic rings. The normalized spacial score (nSPS) is 20.4. The van der Waals surface area contributed by atoms with Gasteiger partial charge in [-0.25, -0.2) is 0 Å². The topological polar surface area (TPSA) is 43.9 Å². The SMILES string of the molecule is Cc1cc2c3c(c1)C(CN1CCN(c4ccccc4)CC1)=CC(C)(C)N3C(=O)C2=O. The van der Waals surface area contributed by atoms with Crippen LogP contribution < -0.4 is 9.80 Å². The van der Waals surface area contributed by atoms with E-state index in [2.05, 4.69) is 52.3 Å². The first kappa shape index (κ1) is 19.1. The molecular weight excluding hydrogens is 374 g/mol. The second-order valence-electron chi connectivity index (χ2n) is 9.10.